The Bertz CT molecular complexity index is 1190. The molecular weight excluding hydrogens is 426 g/mol. The minimum absolute atomic E-state index is 0.0273. The van der Waals surface area contributed by atoms with Crippen LogP contribution in [0.5, 0.6) is 11.6 Å². The average Bonchev–Trinajstić information content (AvgIpc) is 3.39. The SMILES string of the molecule is CCOc1nn(CC)cc1S(=O)(=O)N(CC)c1cccc(OC2CCc3ccccc32)c1. The van der Waals surface area contributed by atoms with Crippen LogP contribution in [0.2, 0.25) is 0 Å². The molecule has 0 bridgehead atoms. The molecule has 170 valence electrons. The van der Waals surface area contributed by atoms with Gasteiger partial charge in [0.05, 0.1) is 12.3 Å². The third-order valence-corrected chi connectivity index (χ3v) is 7.50. The second kappa shape index (κ2) is 9.24. The maximum Gasteiger partial charge on any atom is 0.271 e. The maximum absolute atomic E-state index is 13.6. The molecule has 1 aromatic heterocycles. The number of fused-ring (bicyclic) bond motifs is 1. The lowest BCUT2D eigenvalue weighted by Crippen LogP contribution is -2.31. The van der Waals surface area contributed by atoms with Crippen molar-refractivity contribution in [2.75, 3.05) is 17.5 Å². The Balaban J connectivity index is 1.63. The molecule has 8 heteroatoms. The second-order valence-electron chi connectivity index (χ2n) is 7.60. The van der Waals surface area contributed by atoms with Crippen molar-refractivity contribution in [2.24, 2.45) is 0 Å². The van der Waals surface area contributed by atoms with Gasteiger partial charge < -0.3 is 9.47 Å². The van der Waals surface area contributed by atoms with Crippen molar-refractivity contribution in [1.29, 1.82) is 0 Å². The van der Waals surface area contributed by atoms with E-state index < -0.39 is 10.0 Å². The molecule has 3 aromatic rings. The summed E-state index contributed by atoms with van der Waals surface area (Å²) < 4.78 is 41.9. The van der Waals surface area contributed by atoms with Gasteiger partial charge in [-0.2, -0.15) is 0 Å². The number of aromatic nitrogens is 2. The number of nitrogens with zero attached hydrogens (tertiary/aromatic N) is 3. The van der Waals surface area contributed by atoms with E-state index in [1.807, 2.05) is 38.1 Å². The minimum Gasteiger partial charge on any atom is -0.486 e. The number of rotatable bonds is 9. The summed E-state index contributed by atoms with van der Waals surface area (Å²) in [6.07, 6.45) is 3.39. The molecule has 0 saturated carbocycles. The van der Waals surface area contributed by atoms with Crippen LogP contribution < -0.4 is 13.8 Å². The van der Waals surface area contributed by atoms with Crippen LogP contribution in [0.1, 0.15) is 44.4 Å². The second-order valence-corrected chi connectivity index (χ2v) is 9.43. The lowest BCUT2D eigenvalue weighted by atomic mass is 10.1. The molecule has 4 rings (SSSR count). The summed E-state index contributed by atoms with van der Waals surface area (Å²) in [7, 11) is -3.87. The van der Waals surface area contributed by atoms with Crippen molar-refractivity contribution in [3.05, 3.63) is 65.9 Å². The van der Waals surface area contributed by atoms with Gasteiger partial charge in [0.15, 0.2) is 4.90 Å². The van der Waals surface area contributed by atoms with E-state index in [-0.39, 0.29) is 23.4 Å². The van der Waals surface area contributed by atoms with Crippen LogP contribution in [-0.2, 0) is 23.0 Å². The molecule has 0 spiro atoms. The van der Waals surface area contributed by atoms with Crippen LogP contribution in [0.25, 0.3) is 0 Å². The maximum atomic E-state index is 13.6. The third-order valence-electron chi connectivity index (χ3n) is 5.62. The van der Waals surface area contributed by atoms with Crippen LogP contribution in [0.3, 0.4) is 0 Å². The molecule has 2 aromatic carbocycles. The molecular formula is C24H29N3O4S. The van der Waals surface area contributed by atoms with Crippen molar-refractivity contribution < 1.29 is 17.9 Å². The Kier molecular flexibility index (Phi) is 6.41. The number of hydrogen-bond acceptors (Lipinski definition) is 5. The summed E-state index contributed by atoms with van der Waals surface area (Å²) >= 11 is 0. The van der Waals surface area contributed by atoms with Gasteiger partial charge in [0.2, 0.25) is 0 Å². The van der Waals surface area contributed by atoms with Gasteiger partial charge in [-0.15, -0.1) is 5.10 Å². The molecule has 0 aliphatic heterocycles. The highest BCUT2D eigenvalue weighted by Gasteiger charge is 2.31. The normalized spacial score (nSPS) is 15.4. The van der Waals surface area contributed by atoms with Gasteiger partial charge in [-0.05, 0) is 56.9 Å². The van der Waals surface area contributed by atoms with Crippen molar-refractivity contribution in [1.82, 2.24) is 9.78 Å². The van der Waals surface area contributed by atoms with Gasteiger partial charge in [0.1, 0.15) is 11.9 Å². The number of anilines is 1. The van der Waals surface area contributed by atoms with E-state index in [0.717, 1.165) is 12.8 Å². The van der Waals surface area contributed by atoms with Gasteiger partial charge >= 0.3 is 0 Å². The highest BCUT2D eigenvalue weighted by Crippen LogP contribution is 2.36. The highest BCUT2D eigenvalue weighted by molar-refractivity contribution is 7.93. The summed E-state index contributed by atoms with van der Waals surface area (Å²) in [5.74, 6) is 0.773. The smallest absolute Gasteiger partial charge is 0.271 e. The summed E-state index contributed by atoms with van der Waals surface area (Å²) in [5, 5.41) is 4.27. The summed E-state index contributed by atoms with van der Waals surface area (Å²) in [6.45, 7) is 6.67. The van der Waals surface area contributed by atoms with E-state index in [1.165, 1.54) is 21.6 Å². The van der Waals surface area contributed by atoms with Crippen molar-refractivity contribution >= 4 is 15.7 Å². The Morgan fingerprint density at radius 2 is 1.94 bits per heavy atom. The quantitative estimate of drug-likeness (QED) is 0.472. The lowest BCUT2D eigenvalue weighted by molar-refractivity contribution is 0.207. The Labute approximate surface area is 189 Å². The van der Waals surface area contributed by atoms with E-state index >= 15 is 0 Å². The number of hydrogen-bond donors (Lipinski definition) is 0. The van der Waals surface area contributed by atoms with E-state index in [2.05, 4.69) is 17.2 Å². The molecule has 32 heavy (non-hydrogen) atoms. The molecule has 0 fully saturated rings. The van der Waals surface area contributed by atoms with Gasteiger partial charge in [0, 0.05) is 25.4 Å². The summed E-state index contributed by atoms with van der Waals surface area (Å²) in [6, 6.07) is 15.5. The first-order valence-corrected chi connectivity index (χ1v) is 12.5. The van der Waals surface area contributed by atoms with E-state index in [1.54, 1.807) is 23.7 Å². The molecule has 0 N–H and O–H groups in total. The lowest BCUT2D eigenvalue weighted by Gasteiger charge is -2.23. The van der Waals surface area contributed by atoms with Gasteiger partial charge in [-0.25, -0.2) is 8.42 Å². The molecule has 1 heterocycles. The van der Waals surface area contributed by atoms with Gasteiger partial charge in [-0.1, -0.05) is 30.3 Å². The number of benzene rings is 2. The topological polar surface area (TPSA) is 73.7 Å². The largest absolute Gasteiger partial charge is 0.486 e. The van der Waals surface area contributed by atoms with Crippen molar-refractivity contribution in [2.45, 2.75) is 51.2 Å². The average molecular weight is 456 g/mol. The zero-order chi connectivity index (χ0) is 22.7. The standard InChI is InChI=1S/C24H29N3O4S/c1-4-26-17-23(24(25-26)30-6-3)32(28,29)27(5-2)19-11-9-12-20(16-19)31-22-15-14-18-10-7-8-13-21(18)22/h7-13,16-17,22H,4-6,14-15H2,1-3H3. The summed E-state index contributed by atoms with van der Waals surface area (Å²) in [5.41, 5.74) is 3.05. The molecule has 1 atom stereocenters. The zero-order valence-corrected chi connectivity index (χ0v) is 19.5. The predicted octanol–water partition coefficient (Wildman–Crippen LogP) is 4.58. The van der Waals surface area contributed by atoms with E-state index in [0.29, 0.717) is 24.6 Å². The monoisotopic (exact) mass is 455 g/mol. The predicted molar refractivity (Wildman–Crippen MR) is 124 cm³/mol. The van der Waals surface area contributed by atoms with Crippen LogP contribution in [0.15, 0.2) is 59.6 Å². The molecule has 1 aliphatic rings. The van der Waals surface area contributed by atoms with Crippen molar-refractivity contribution in [3.8, 4) is 11.6 Å². The fourth-order valence-corrected chi connectivity index (χ4v) is 5.63. The number of sulfonamides is 1. The highest BCUT2D eigenvalue weighted by atomic mass is 32.2. The number of aryl methyl sites for hydroxylation is 2. The summed E-state index contributed by atoms with van der Waals surface area (Å²) in [4.78, 5) is 0.0686. The molecule has 0 radical (unpaired) electrons. The molecule has 7 nitrogen and oxygen atoms in total. The van der Waals surface area contributed by atoms with Gasteiger partial charge in [0.25, 0.3) is 15.9 Å². The van der Waals surface area contributed by atoms with Crippen LogP contribution in [-0.4, -0.2) is 31.3 Å². The first-order valence-electron chi connectivity index (χ1n) is 11.0. The minimum atomic E-state index is -3.87. The molecule has 0 amide bonds. The van der Waals surface area contributed by atoms with E-state index in [4.69, 9.17) is 9.47 Å². The number of ether oxygens (including phenoxy) is 2. The Morgan fingerprint density at radius 1 is 1.12 bits per heavy atom. The van der Waals surface area contributed by atoms with E-state index in [9.17, 15) is 8.42 Å². The zero-order valence-electron chi connectivity index (χ0n) is 18.7. The van der Waals surface area contributed by atoms with Crippen LogP contribution >= 0.6 is 0 Å². The molecule has 1 aliphatic carbocycles. The first kappa shape index (κ1) is 22.2. The molecule has 1 unspecified atom stereocenters. The Morgan fingerprint density at radius 3 is 2.69 bits per heavy atom. The first-order chi connectivity index (χ1) is 15.5. The fourth-order valence-electron chi connectivity index (χ4n) is 4.09. The van der Waals surface area contributed by atoms with Gasteiger partial charge in [-0.3, -0.25) is 8.99 Å². The van der Waals surface area contributed by atoms with Crippen LogP contribution in [0.4, 0.5) is 5.69 Å². The van der Waals surface area contributed by atoms with Crippen LogP contribution in [0, 0.1) is 0 Å². The molecule has 0 saturated heterocycles. The fraction of sp³-hybridized carbons (Fsp3) is 0.375. The van der Waals surface area contributed by atoms with Crippen molar-refractivity contribution in [3.63, 3.8) is 0 Å². The Hall–Kier alpha value is -3.00. The third kappa shape index (κ3) is 4.19.